The number of halogens is 4. The molecule has 0 aliphatic carbocycles. The average molecular weight is 463 g/mol. The summed E-state index contributed by atoms with van der Waals surface area (Å²) in [5.41, 5.74) is 0.0639. The molecule has 0 saturated heterocycles. The number of pyridine rings is 1. The summed E-state index contributed by atoms with van der Waals surface area (Å²) >= 11 is 2.97. The second-order valence-corrected chi connectivity index (χ2v) is 7.91. The van der Waals surface area contributed by atoms with Gasteiger partial charge in [0.05, 0.1) is 5.56 Å². The molecule has 0 bridgehead atoms. The molecule has 0 spiro atoms. The van der Waals surface area contributed by atoms with E-state index in [-0.39, 0.29) is 10.8 Å². The zero-order valence-corrected chi connectivity index (χ0v) is 15.8. The van der Waals surface area contributed by atoms with Gasteiger partial charge in [-0.15, -0.1) is 10.2 Å². The molecule has 2 aromatic heterocycles. The van der Waals surface area contributed by atoms with Crippen molar-refractivity contribution in [1.82, 2.24) is 14.6 Å². The molecule has 0 amide bonds. The number of nitrogens with zero attached hydrogens (tertiary/aromatic N) is 3. The van der Waals surface area contributed by atoms with Gasteiger partial charge >= 0.3 is 6.18 Å². The Kier molecular flexibility index (Phi) is 4.78. The van der Waals surface area contributed by atoms with E-state index in [0.29, 0.717) is 14.1 Å². The third-order valence-electron chi connectivity index (χ3n) is 3.39. The van der Waals surface area contributed by atoms with Gasteiger partial charge < -0.3 is 0 Å². The van der Waals surface area contributed by atoms with E-state index in [2.05, 4.69) is 10.2 Å². The number of fused-ring (bicyclic) bond motifs is 1. The van der Waals surface area contributed by atoms with Gasteiger partial charge in [-0.1, -0.05) is 25.6 Å². The lowest BCUT2D eigenvalue weighted by atomic mass is 10.2. The van der Waals surface area contributed by atoms with Crippen molar-refractivity contribution in [3.05, 3.63) is 51.5 Å². The van der Waals surface area contributed by atoms with E-state index in [0.717, 1.165) is 17.6 Å². The average Bonchev–Trinajstić information content (AvgIpc) is 2.91. The summed E-state index contributed by atoms with van der Waals surface area (Å²) in [5, 5.41) is 8.21. The molecule has 0 aliphatic rings. The maximum atomic E-state index is 13.3. The second kappa shape index (κ2) is 6.55. The van der Waals surface area contributed by atoms with E-state index in [4.69, 9.17) is 0 Å². The van der Waals surface area contributed by atoms with Crippen LogP contribution in [0.3, 0.4) is 0 Å². The molecule has 2 heterocycles. The Morgan fingerprint density at radius 3 is 2.54 bits per heavy atom. The molecule has 3 aromatic rings. The quantitative estimate of drug-likeness (QED) is 0.472. The Balaban J connectivity index is 2.03. The van der Waals surface area contributed by atoms with E-state index >= 15 is 0 Å². The molecule has 0 unspecified atom stereocenters. The lowest BCUT2D eigenvalue weighted by Crippen LogP contribution is -2.07. The fourth-order valence-corrected chi connectivity index (χ4v) is 3.74. The van der Waals surface area contributed by atoms with Crippen molar-refractivity contribution in [3.8, 4) is 0 Å². The topological polar surface area (TPSA) is 30.2 Å². The van der Waals surface area contributed by atoms with E-state index in [1.807, 2.05) is 40.8 Å². The summed E-state index contributed by atoms with van der Waals surface area (Å²) in [4.78, 5) is 0.886. The Morgan fingerprint density at radius 2 is 1.88 bits per heavy atom. The molecule has 0 aliphatic heterocycles. The van der Waals surface area contributed by atoms with Crippen LogP contribution < -0.4 is 0 Å². The number of rotatable bonds is 3. The third kappa shape index (κ3) is 3.53. The number of aromatic nitrogens is 3. The first-order valence-electron chi connectivity index (χ1n) is 7.15. The molecule has 0 atom stereocenters. The van der Waals surface area contributed by atoms with E-state index in [1.165, 1.54) is 12.1 Å². The predicted molar refractivity (Wildman–Crippen MR) is 95.4 cm³/mol. The number of alkyl halides is 3. The largest absolute Gasteiger partial charge is 0.417 e. The maximum absolute atomic E-state index is 13.3. The number of benzene rings is 1. The van der Waals surface area contributed by atoms with Crippen LogP contribution in [-0.2, 0) is 6.18 Å². The van der Waals surface area contributed by atoms with Gasteiger partial charge in [0.25, 0.3) is 0 Å². The van der Waals surface area contributed by atoms with Gasteiger partial charge in [0.15, 0.2) is 5.65 Å². The van der Waals surface area contributed by atoms with Crippen LogP contribution in [0.1, 0.15) is 31.2 Å². The zero-order valence-electron chi connectivity index (χ0n) is 12.8. The van der Waals surface area contributed by atoms with E-state index in [9.17, 15) is 13.2 Å². The molecule has 24 heavy (non-hydrogen) atoms. The monoisotopic (exact) mass is 463 g/mol. The molecule has 8 heteroatoms. The second-order valence-electron chi connectivity index (χ2n) is 5.55. The lowest BCUT2D eigenvalue weighted by molar-refractivity contribution is -0.139. The van der Waals surface area contributed by atoms with E-state index < -0.39 is 11.7 Å². The highest BCUT2D eigenvalue weighted by molar-refractivity contribution is 14.1. The predicted octanol–water partition coefficient (Wildman–Crippen LogP) is 5.63. The summed E-state index contributed by atoms with van der Waals surface area (Å²) in [6, 6.07) is 7.88. The highest BCUT2D eigenvalue weighted by Crippen LogP contribution is 2.40. The molecular weight excluding hydrogens is 450 g/mol. The van der Waals surface area contributed by atoms with Gasteiger partial charge in [0.1, 0.15) is 5.82 Å². The van der Waals surface area contributed by atoms with Crippen LogP contribution in [0.5, 0.6) is 0 Å². The summed E-state index contributed by atoms with van der Waals surface area (Å²) < 4.78 is 42.2. The normalized spacial score (nSPS) is 12.3. The summed E-state index contributed by atoms with van der Waals surface area (Å²) in [7, 11) is 0. The highest BCUT2D eigenvalue weighted by atomic mass is 127. The number of hydrogen-bond acceptors (Lipinski definition) is 3. The summed E-state index contributed by atoms with van der Waals surface area (Å²) in [5.74, 6) is 0.954. The third-order valence-corrected chi connectivity index (χ3v) is 5.12. The van der Waals surface area contributed by atoms with Crippen molar-refractivity contribution in [2.45, 2.75) is 35.7 Å². The molecular formula is C16H13F3IN3S. The zero-order chi connectivity index (χ0) is 17.5. The summed E-state index contributed by atoms with van der Waals surface area (Å²) in [6.45, 7) is 3.99. The van der Waals surface area contributed by atoms with Crippen LogP contribution in [0.2, 0.25) is 0 Å². The minimum atomic E-state index is -4.38. The van der Waals surface area contributed by atoms with Crippen LogP contribution in [0.25, 0.3) is 5.65 Å². The fraction of sp³-hybridized carbons (Fsp3) is 0.250. The highest BCUT2D eigenvalue weighted by Gasteiger charge is 2.33. The molecule has 0 radical (unpaired) electrons. The van der Waals surface area contributed by atoms with Crippen molar-refractivity contribution in [2.75, 3.05) is 0 Å². The Hall–Kier alpha value is -1.29. The van der Waals surface area contributed by atoms with Crippen LogP contribution >= 0.6 is 34.4 Å². The Bertz CT molecular complexity index is 890. The smallest absolute Gasteiger partial charge is 0.285 e. The Morgan fingerprint density at radius 1 is 1.12 bits per heavy atom. The first kappa shape index (κ1) is 17.5. The first-order chi connectivity index (χ1) is 11.3. The van der Waals surface area contributed by atoms with Gasteiger partial charge in [-0.25, -0.2) is 0 Å². The minimum Gasteiger partial charge on any atom is -0.285 e. The van der Waals surface area contributed by atoms with Gasteiger partial charge in [-0.05, 0) is 52.9 Å². The van der Waals surface area contributed by atoms with E-state index in [1.54, 1.807) is 24.4 Å². The molecule has 3 rings (SSSR count). The SMILES string of the molecule is CC(C)c1nnc2ccc(Sc3ccc(I)cc3C(F)(F)F)cn12. The fourth-order valence-electron chi connectivity index (χ4n) is 2.28. The van der Waals surface area contributed by atoms with Crippen molar-refractivity contribution in [2.24, 2.45) is 0 Å². The van der Waals surface area contributed by atoms with Gasteiger partial charge in [-0.3, -0.25) is 4.40 Å². The van der Waals surface area contributed by atoms with Crippen LogP contribution in [0.4, 0.5) is 13.2 Å². The van der Waals surface area contributed by atoms with Crippen molar-refractivity contribution < 1.29 is 13.2 Å². The standard InChI is InChI=1S/C16H13F3IN3S/c1-9(2)15-22-21-14-6-4-11(8-23(14)15)24-13-5-3-10(20)7-12(13)16(17,18)19/h3-9H,1-2H3. The Labute approximate surface area is 154 Å². The minimum absolute atomic E-state index is 0.171. The molecule has 1 aromatic carbocycles. The lowest BCUT2D eigenvalue weighted by Gasteiger charge is -2.13. The van der Waals surface area contributed by atoms with Gasteiger partial charge in [0.2, 0.25) is 0 Å². The van der Waals surface area contributed by atoms with Crippen LogP contribution in [0.15, 0.2) is 46.3 Å². The van der Waals surface area contributed by atoms with Gasteiger partial charge in [-0.2, -0.15) is 13.2 Å². The molecule has 0 fully saturated rings. The molecule has 0 saturated carbocycles. The molecule has 126 valence electrons. The van der Waals surface area contributed by atoms with Crippen molar-refractivity contribution in [3.63, 3.8) is 0 Å². The maximum Gasteiger partial charge on any atom is 0.417 e. The van der Waals surface area contributed by atoms with Crippen LogP contribution in [0, 0.1) is 3.57 Å². The number of hydrogen-bond donors (Lipinski definition) is 0. The molecule has 3 nitrogen and oxygen atoms in total. The van der Waals surface area contributed by atoms with Crippen molar-refractivity contribution in [1.29, 1.82) is 0 Å². The van der Waals surface area contributed by atoms with Crippen LogP contribution in [-0.4, -0.2) is 14.6 Å². The summed E-state index contributed by atoms with van der Waals surface area (Å²) in [6.07, 6.45) is -2.60. The first-order valence-corrected chi connectivity index (χ1v) is 9.04. The van der Waals surface area contributed by atoms with Gasteiger partial charge in [0, 0.05) is 25.5 Å². The van der Waals surface area contributed by atoms with Crippen molar-refractivity contribution >= 4 is 40.0 Å². The molecule has 0 N–H and O–H groups in total.